The van der Waals surface area contributed by atoms with Crippen LogP contribution in [0.2, 0.25) is 10.0 Å². The Bertz CT molecular complexity index is 1050. The van der Waals surface area contributed by atoms with Gasteiger partial charge in [0.1, 0.15) is 0 Å². The third-order valence-electron chi connectivity index (χ3n) is 6.07. The van der Waals surface area contributed by atoms with Gasteiger partial charge in [0.25, 0.3) is 5.91 Å². The van der Waals surface area contributed by atoms with Gasteiger partial charge >= 0.3 is 0 Å². The Morgan fingerprint density at radius 2 is 1.88 bits per heavy atom. The summed E-state index contributed by atoms with van der Waals surface area (Å²) in [4.78, 5) is 19.7. The number of rotatable bonds is 4. The number of hydrogen-bond donors (Lipinski definition) is 2. The number of aliphatic imine (C=N–C) groups is 1. The number of hydrogen-bond acceptors (Lipinski definition) is 3. The van der Waals surface area contributed by atoms with Gasteiger partial charge in [0.05, 0.1) is 11.4 Å². The molecule has 1 heterocycles. The molecule has 2 N–H and O–H groups in total. The van der Waals surface area contributed by atoms with Gasteiger partial charge in [0.15, 0.2) is 5.11 Å². The fourth-order valence-corrected chi connectivity index (χ4v) is 4.90. The van der Waals surface area contributed by atoms with Crippen molar-refractivity contribution in [3.63, 3.8) is 0 Å². The SMILES string of the molecule is CN1C(=O)C(NC(=S)NCC2CCCCC2)N=C(c2ccccc2Cl)c2cc(Cl)ccc21. The molecule has 0 aromatic heterocycles. The minimum atomic E-state index is -0.885. The average Bonchev–Trinajstić information content (AvgIpc) is 2.89. The molecule has 2 aromatic carbocycles. The molecular formula is C24H26Cl2N4OS. The number of anilines is 1. The first-order valence-corrected chi connectivity index (χ1v) is 12.0. The predicted molar refractivity (Wildman–Crippen MR) is 136 cm³/mol. The van der Waals surface area contributed by atoms with Gasteiger partial charge in [0.2, 0.25) is 6.17 Å². The lowest BCUT2D eigenvalue weighted by atomic mass is 9.89. The van der Waals surface area contributed by atoms with Crippen LogP contribution in [-0.4, -0.2) is 36.5 Å². The molecule has 4 rings (SSSR count). The van der Waals surface area contributed by atoms with Gasteiger partial charge in [-0.2, -0.15) is 0 Å². The molecule has 8 heteroatoms. The minimum Gasteiger partial charge on any atom is -0.362 e. The van der Waals surface area contributed by atoms with Gasteiger partial charge in [-0.3, -0.25) is 4.79 Å². The van der Waals surface area contributed by atoms with Crippen molar-refractivity contribution < 1.29 is 4.79 Å². The molecule has 1 aliphatic carbocycles. The Morgan fingerprint density at radius 3 is 2.62 bits per heavy atom. The first-order valence-electron chi connectivity index (χ1n) is 10.9. The van der Waals surface area contributed by atoms with Crippen LogP contribution in [0.5, 0.6) is 0 Å². The Hall–Kier alpha value is -2.15. The zero-order valence-corrected chi connectivity index (χ0v) is 20.2. The number of fused-ring (bicyclic) bond motifs is 1. The van der Waals surface area contributed by atoms with E-state index in [0.29, 0.717) is 32.5 Å². The summed E-state index contributed by atoms with van der Waals surface area (Å²) in [6, 6.07) is 12.8. The van der Waals surface area contributed by atoms with Crippen molar-refractivity contribution in [2.45, 2.75) is 38.3 Å². The van der Waals surface area contributed by atoms with Gasteiger partial charge < -0.3 is 15.5 Å². The number of halogens is 2. The van der Waals surface area contributed by atoms with E-state index in [1.165, 1.54) is 32.1 Å². The van der Waals surface area contributed by atoms with Crippen LogP contribution in [0, 0.1) is 5.92 Å². The van der Waals surface area contributed by atoms with Crippen molar-refractivity contribution in [1.82, 2.24) is 10.6 Å². The van der Waals surface area contributed by atoms with E-state index in [1.54, 1.807) is 24.1 Å². The van der Waals surface area contributed by atoms with Gasteiger partial charge in [0, 0.05) is 34.8 Å². The minimum absolute atomic E-state index is 0.211. The zero-order chi connectivity index (χ0) is 22.7. The number of thiocarbonyl (C=S) groups is 1. The van der Waals surface area contributed by atoms with E-state index in [-0.39, 0.29) is 5.91 Å². The van der Waals surface area contributed by atoms with Crippen LogP contribution in [0.3, 0.4) is 0 Å². The summed E-state index contributed by atoms with van der Waals surface area (Å²) in [6.45, 7) is 0.805. The topological polar surface area (TPSA) is 56.7 Å². The fourth-order valence-electron chi connectivity index (χ4n) is 4.31. The largest absolute Gasteiger partial charge is 0.362 e. The van der Waals surface area contributed by atoms with Crippen molar-refractivity contribution >= 4 is 57.8 Å². The lowest BCUT2D eigenvalue weighted by molar-refractivity contribution is -0.119. The first-order chi connectivity index (χ1) is 15.4. The smallest absolute Gasteiger partial charge is 0.272 e. The molecule has 0 bridgehead atoms. The maximum atomic E-state index is 13.3. The Balaban J connectivity index is 1.64. The van der Waals surface area contributed by atoms with Crippen molar-refractivity contribution in [3.8, 4) is 0 Å². The zero-order valence-electron chi connectivity index (χ0n) is 17.9. The number of likely N-dealkylation sites (N-methyl/N-ethyl adjacent to an activating group) is 1. The molecule has 1 aliphatic heterocycles. The highest BCUT2D eigenvalue weighted by Gasteiger charge is 2.31. The van der Waals surface area contributed by atoms with Crippen LogP contribution in [0.4, 0.5) is 5.69 Å². The predicted octanol–water partition coefficient (Wildman–Crippen LogP) is 5.18. The first kappa shape index (κ1) is 23.0. The van der Waals surface area contributed by atoms with Gasteiger partial charge in [-0.1, -0.05) is 60.7 Å². The Kier molecular flexibility index (Phi) is 7.33. The molecule has 1 amide bonds. The molecule has 0 spiro atoms. The second kappa shape index (κ2) is 10.2. The summed E-state index contributed by atoms with van der Waals surface area (Å²) in [5, 5.41) is 7.93. The maximum absolute atomic E-state index is 13.3. The standard InChI is InChI=1S/C24H26Cl2N4OS/c1-30-20-12-11-16(25)13-18(20)21(17-9-5-6-10-19(17)26)28-22(23(30)31)29-24(32)27-14-15-7-3-2-4-8-15/h5-6,9-13,15,22H,2-4,7-8,14H2,1H3,(H2,27,29,32). The molecule has 1 unspecified atom stereocenters. The second-order valence-corrected chi connectivity index (χ2v) is 9.53. The van der Waals surface area contributed by atoms with Crippen LogP contribution >= 0.6 is 35.4 Å². The number of amides is 1. The molecule has 1 fully saturated rings. The van der Waals surface area contributed by atoms with E-state index in [1.807, 2.05) is 30.3 Å². The third-order valence-corrected chi connectivity index (χ3v) is 6.90. The number of benzodiazepines with no additional fused rings is 1. The fraction of sp³-hybridized carbons (Fsp3) is 0.375. The summed E-state index contributed by atoms with van der Waals surface area (Å²) in [6.07, 6.45) is 5.39. The molecular weight excluding hydrogens is 463 g/mol. The second-order valence-electron chi connectivity index (χ2n) is 8.28. The van der Waals surface area contributed by atoms with Crippen LogP contribution in [0.1, 0.15) is 43.2 Å². The van der Waals surface area contributed by atoms with Crippen molar-refractivity contribution in [2.75, 3.05) is 18.5 Å². The Morgan fingerprint density at radius 1 is 1.12 bits per heavy atom. The van der Waals surface area contributed by atoms with Crippen molar-refractivity contribution in [2.24, 2.45) is 10.9 Å². The van der Waals surface area contributed by atoms with Crippen LogP contribution in [-0.2, 0) is 4.79 Å². The molecule has 2 aromatic rings. The average molecular weight is 489 g/mol. The number of benzene rings is 2. The highest BCUT2D eigenvalue weighted by atomic mass is 35.5. The molecule has 32 heavy (non-hydrogen) atoms. The number of carbonyl (C=O) groups is 1. The van der Waals surface area contributed by atoms with E-state index >= 15 is 0 Å². The maximum Gasteiger partial charge on any atom is 0.272 e. The quantitative estimate of drug-likeness (QED) is 0.582. The monoisotopic (exact) mass is 488 g/mol. The van der Waals surface area contributed by atoms with E-state index in [9.17, 15) is 4.79 Å². The highest BCUT2D eigenvalue weighted by Crippen LogP contribution is 2.31. The van der Waals surface area contributed by atoms with Crippen LogP contribution in [0.25, 0.3) is 0 Å². The summed E-state index contributed by atoms with van der Waals surface area (Å²) < 4.78 is 0. The molecule has 0 saturated heterocycles. The lowest BCUT2D eigenvalue weighted by Crippen LogP contribution is -2.50. The molecule has 1 atom stereocenters. The van der Waals surface area contributed by atoms with Crippen LogP contribution < -0.4 is 15.5 Å². The summed E-state index contributed by atoms with van der Waals surface area (Å²) >= 11 is 18.3. The number of nitrogens with one attached hydrogen (secondary N) is 2. The van der Waals surface area contributed by atoms with Gasteiger partial charge in [-0.25, -0.2) is 4.99 Å². The Labute approximate surface area is 204 Å². The molecule has 2 aliphatic rings. The van der Waals surface area contributed by atoms with Crippen molar-refractivity contribution in [1.29, 1.82) is 0 Å². The third kappa shape index (κ3) is 5.08. The van der Waals surface area contributed by atoms with Crippen molar-refractivity contribution in [3.05, 3.63) is 63.6 Å². The van der Waals surface area contributed by atoms with E-state index in [2.05, 4.69) is 10.6 Å². The number of carbonyl (C=O) groups excluding carboxylic acids is 1. The van der Waals surface area contributed by atoms with E-state index in [4.69, 9.17) is 40.4 Å². The lowest BCUT2D eigenvalue weighted by Gasteiger charge is -2.24. The molecule has 168 valence electrons. The summed E-state index contributed by atoms with van der Waals surface area (Å²) in [5.41, 5.74) is 2.78. The molecule has 0 radical (unpaired) electrons. The molecule has 5 nitrogen and oxygen atoms in total. The van der Waals surface area contributed by atoms with E-state index in [0.717, 1.165) is 17.7 Å². The summed E-state index contributed by atoms with van der Waals surface area (Å²) in [5.74, 6) is 0.405. The highest BCUT2D eigenvalue weighted by molar-refractivity contribution is 7.80. The molecule has 1 saturated carbocycles. The number of nitrogens with zero attached hydrogens (tertiary/aromatic N) is 2. The normalized spacial score (nSPS) is 19.1. The van der Waals surface area contributed by atoms with Gasteiger partial charge in [-0.05, 0) is 55.2 Å². The summed E-state index contributed by atoms with van der Waals surface area (Å²) in [7, 11) is 1.73. The van der Waals surface area contributed by atoms with E-state index < -0.39 is 6.17 Å². The van der Waals surface area contributed by atoms with Gasteiger partial charge in [-0.15, -0.1) is 0 Å². The van der Waals surface area contributed by atoms with Crippen LogP contribution in [0.15, 0.2) is 47.5 Å².